The van der Waals surface area contributed by atoms with Crippen LogP contribution in [-0.4, -0.2) is 51.6 Å². The lowest BCUT2D eigenvalue weighted by Gasteiger charge is -2.35. The zero-order valence-corrected chi connectivity index (χ0v) is 16.3. The van der Waals surface area contributed by atoms with Gasteiger partial charge >= 0.3 is 0 Å². The van der Waals surface area contributed by atoms with Crippen LogP contribution in [0.1, 0.15) is 45.6 Å². The first-order valence-electron chi connectivity index (χ1n) is 10.1. The molecule has 2 fully saturated rings. The molecule has 2 aliphatic heterocycles. The molecule has 0 radical (unpaired) electrons. The summed E-state index contributed by atoms with van der Waals surface area (Å²) in [6.07, 6.45) is 10.2. The Kier molecular flexibility index (Phi) is 5.57. The van der Waals surface area contributed by atoms with E-state index >= 15 is 0 Å². The Morgan fingerprint density at radius 1 is 1.19 bits per heavy atom. The molecule has 2 aromatic rings. The Bertz CT molecular complexity index is 711. The highest BCUT2D eigenvalue weighted by Gasteiger charge is 2.29. The third-order valence-corrected chi connectivity index (χ3v) is 5.70. The third-order valence-electron chi connectivity index (χ3n) is 5.70. The highest BCUT2D eigenvalue weighted by atomic mass is 16.5. The molecule has 0 saturated carbocycles. The zero-order valence-electron chi connectivity index (χ0n) is 16.3. The van der Waals surface area contributed by atoms with E-state index in [4.69, 9.17) is 4.74 Å². The highest BCUT2D eigenvalue weighted by Crippen LogP contribution is 2.27. The van der Waals surface area contributed by atoms with Crippen molar-refractivity contribution >= 4 is 11.6 Å². The van der Waals surface area contributed by atoms with Crippen LogP contribution < -0.4 is 10.2 Å². The summed E-state index contributed by atoms with van der Waals surface area (Å²) in [7, 11) is 0. The van der Waals surface area contributed by atoms with Gasteiger partial charge in [-0.15, -0.1) is 0 Å². The van der Waals surface area contributed by atoms with Gasteiger partial charge in [0.05, 0.1) is 18.2 Å². The summed E-state index contributed by atoms with van der Waals surface area (Å²) in [5.74, 6) is 2.39. The molecular formula is C20H30N6O. The number of ether oxygens (including phenoxy) is 1. The molecule has 2 atom stereocenters. The van der Waals surface area contributed by atoms with E-state index in [-0.39, 0.29) is 6.10 Å². The first kappa shape index (κ1) is 18.2. The Hall–Kier alpha value is -2.15. The van der Waals surface area contributed by atoms with E-state index < -0.39 is 0 Å². The van der Waals surface area contributed by atoms with E-state index in [0.29, 0.717) is 18.0 Å². The number of anilines is 2. The molecule has 0 aromatic carbocycles. The fourth-order valence-corrected chi connectivity index (χ4v) is 4.26. The minimum Gasteiger partial charge on any atom is -0.376 e. The van der Waals surface area contributed by atoms with Crippen molar-refractivity contribution < 1.29 is 4.74 Å². The molecule has 0 amide bonds. The number of rotatable bonds is 5. The number of hydrogen-bond acceptors (Lipinski definition) is 6. The fourth-order valence-electron chi connectivity index (χ4n) is 4.26. The van der Waals surface area contributed by atoms with Gasteiger partial charge < -0.3 is 15.0 Å². The SMILES string of the molecule is CC(C)[C@@H]1OCCC[C@@H]1Nc1cc(N2CCC(n3cccn3)CC2)ncn1. The number of piperidine rings is 1. The van der Waals surface area contributed by atoms with Crippen molar-refractivity contribution in [1.29, 1.82) is 0 Å². The highest BCUT2D eigenvalue weighted by molar-refractivity contribution is 5.49. The average Bonchev–Trinajstić information content (AvgIpc) is 3.23. The van der Waals surface area contributed by atoms with Crippen molar-refractivity contribution in [3.05, 3.63) is 30.9 Å². The molecule has 146 valence electrons. The second-order valence-electron chi connectivity index (χ2n) is 7.94. The van der Waals surface area contributed by atoms with Crippen molar-refractivity contribution in [3.8, 4) is 0 Å². The zero-order chi connectivity index (χ0) is 18.6. The van der Waals surface area contributed by atoms with Crippen molar-refractivity contribution in [1.82, 2.24) is 19.7 Å². The molecule has 0 unspecified atom stereocenters. The molecule has 27 heavy (non-hydrogen) atoms. The van der Waals surface area contributed by atoms with Gasteiger partial charge in [-0.1, -0.05) is 13.8 Å². The van der Waals surface area contributed by atoms with Crippen LogP contribution in [0.2, 0.25) is 0 Å². The van der Waals surface area contributed by atoms with Gasteiger partial charge in [0.15, 0.2) is 0 Å². The van der Waals surface area contributed by atoms with E-state index in [1.807, 2.05) is 12.3 Å². The lowest BCUT2D eigenvalue weighted by molar-refractivity contribution is -0.0203. The predicted octanol–water partition coefficient (Wildman–Crippen LogP) is 3.13. The van der Waals surface area contributed by atoms with Crippen LogP contribution in [0.5, 0.6) is 0 Å². The molecular weight excluding hydrogens is 340 g/mol. The van der Waals surface area contributed by atoms with Crippen molar-refractivity contribution in [3.63, 3.8) is 0 Å². The molecule has 7 heteroatoms. The van der Waals surface area contributed by atoms with Gasteiger partial charge in [0.1, 0.15) is 18.0 Å². The van der Waals surface area contributed by atoms with Crippen LogP contribution >= 0.6 is 0 Å². The topological polar surface area (TPSA) is 68.1 Å². The van der Waals surface area contributed by atoms with E-state index in [9.17, 15) is 0 Å². The molecule has 0 aliphatic carbocycles. The minimum atomic E-state index is 0.238. The maximum atomic E-state index is 5.99. The quantitative estimate of drug-likeness (QED) is 0.872. The molecule has 0 spiro atoms. The second kappa shape index (κ2) is 8.25. The number of aromatic nitrogens is 4. The summed E-state index contributed by atoms with van der Waals surface area (Å²) in [5.41, 5.74) is 0. The minimum absolute atomic E-state index is 0.238. The molecule has 4 rings (SSSR count). The van der Waals surface area contributed by atoms with Crippen molar-refractivity contribution in [2.75, 3.05) is 29.9 Å². The van der Waals surface area contributed by atoms with E-state index in [1.165, 1.54) is 0 Å². The standard InChI is InChI=1S/C20H30N6O/c1-15(2)20-17(5-3-12-27-20)24-18-13-19(22-14-21-18)25-10-6-16(7-11-25)26-9-4-8-23-26/h4,8-9,13-17,20H,3,5-7,10-12H2,1-2H3,(H,21,22,24)/t17-,20-/m0/s1. The van der Waals surface area contributed by atoms with Gasteiger partial charge in [-0.05, 0) is 37.7 Å². The first-order chi connectivity index (χ1) is 13.2. The lowest BCUT2D eigenvalue weighted by atomic mass is 9.93. The Balaban J connectivity index is 1.39. The second-order valence-corrected chi connectivity index (χ2v) is 7.94. The predicted molar refractivity (Wildman–Crippen MR) is 106 cm³/mol. The Morgan fingerprint density at radius 3 is 2.78 bits per heavy atom. The maximum absolute atomic E-state index is 5.99. The van der Waals surface area contributed by atoms with Gasteiger partial charge in [0.2, 0.25) is 0 Å². The monoisotopic (exact) mass is 370 g/mol. The summed E-state index contributed by atoms with van der Waals surface area (Å²) in [4.78, 5) is 11.3. The van der Waals surface area contributed by atoms with Crippen LogP contribution in [0.4, 0.5) is 11.6 Å². The Labute approximate surface area is 161 Å². The number of nitrogens with zero attached hydrogens (tertiary/aromatic N) is 5. The van der Waals surface area contributed by atoms with Gasteiger partial charge in [-0.2, -0.15) is 5.10 Å². The van der Waals surface area contributed by atoms with E-state index in [1.54, 1.807) is 6.33 Å². The van der Waals surface area contributed by atoms with Gasteiger partial charge in [0, 0.05) is 38.2 Å². The van der Waals surface area contributed by atoms with Crippen molar-refractivity contribution in [2.45, 2.75) is 57.7 Å². The number of nitrogens with one attached hydrogen (secondary N) is 1. The summed E-state index contributed by atoms with van der Waals surface area (Å²) in [6.45, 7) is 7.28. The molecule has 1 N–H and O–H groups in total. The molecule has 2 aromatic heterocycles. The van der Waals surface area contributed by atoms with Crippen LogP contribution in [0.25, 0.3) is 0 Å². The van der Waals surface area contributed by atoms with Crippen LogP contribution in [0.15, 0.2) is 30.9 Å². The fraction of sp³-hybridized carbons (Fsp3) is 0.650. The molecule has 4 heterocycles. The number of hydrogen-bond donors (Lipinski definition) is 1. The molecule has 7 nitrogen and oxygen atoms in total. The van der Waals surface area contributed by atoms with Gasteiger partial charge in [-0.3, -0.25) is 4.68 Å². The largest absolute Gasteiger partial charge is 0.376 e. The van der Waals surface area contributed by atoms with Gasteiger partial charge in [0.25, 0.3) is 0 Å². The van der Waals surface area contributed by atoms with E-state index in [0.717, 1.165) is 57.0 Å². The smallest absolute Gasteiger partial charge is 0.134 e. The summed E-state index contributed by atoms with van der Waals surface area (Å²) in [5, 5.41) is 7.99. The van der Waals surface area contributed by atoms with Crippen LogP contribution in [0, 0.1) is 5.92 Å². The molecule has 2 saturated heterocycles. The van der Waals surface area contributed by atoms with Gasteiger partial charge in [-0.25, -0.2) is 9.97 Å². The van der Waals surface area contributed by atoms with Crippen molar-refractivity contribution in [2.24, 2.45) is 5.92 Å². The van der Waals surface area contributed by atoms with Crippen LogP contribution in [0.3, 0.4) is 0 Å². The summed E-state index contributed by atoms with van der Waals surface area (Å²) >= 11 is 0. The first-order valence-corrected chi connectivity index (χ1v) is 10.1. The molecule has 0 bridgehead atoms. The Morgan fingerprint density at radius 2 is 2.04 bits per heavy atom. The average molecular weight is 371 g/mol. The van der Waals surface area contributed by atoms with E-state index in [2.05, 4.69) is 56.1 Å². The summed E-state index contributed by atoms with van der Waals surface area (Å²) < 4.78 is 8.08. The lowest BCUT2D eigenvalue weighted by Crippen LogP contribution is -2.43. The molecule has 2 aliphatic rings. The third kappa shape index (κ3) is 4.24. The van der Waals surface area contributed by atoms with Crippen LogP contribution in [-0.2, 0) is 4.74 Å². The maximum Gasteiger partial charge on any atom is 0.134 e. The summed E-state index contributed by atoms with van der Waals surface area (Å²) in [6, 6.07) is 4.88. The normalized spacial score (nSPS) is 24.3.